The average Bonchev–Trinajstić information content (AvgIpc) is 3.50. The number of anilines is 1. The summed E-state index contributed by atoms with van der Waals surface area (Å²) >= 11 is 0. The van der Waals surface area contributed by atoms with Crippen LogP contribution in [0.3, 0.4) is 0 Å². The lowest BCUT2D eigenvalue weighted by Gasteiger charge is -2.33. The van der Waals surface area contributed by atoms with Gasteiger partial charge < -0.3 is 15.5 Å². The Morgan fingerprint density at radius 3 is 2.79 bits per heavy atom. The molecule has 6 rings (SSSR count). The number of likely N-dealkylation sites (N-methyl/N-ethyl adjacent to an activating group) is 1. The maximum absolute atomic E-state index is 12.8. The van der Waals surface area contributed by atoms with E-state index in [0.717, 1.165) is 59.2 Å². The van der Waals surface area contributed by atoms with Crippen LogP contribution in [-0.4, -0.2) is 73.8 Å². The SMILES string of the molecule is CN(C)CC(=O)N1CCCC(c2cc(-c3ccc4cn(Cc5ccccc5)nc4c3)c3c(N)ncnn23)C1. The highest BCUT2D eigenvalue weighted by Crippen LogP contribution is 2.37. The van der Waals surface area contributed by atoms with E-state index >= 15 is 0 Å². The quantitative estimate of drug-likeness (QED) is 0.376. The fourth-order valence-electron chi connectivity index (χ4n) is 5.50. The summed E-state index contributed by atoms with van der Waals surface area (Å²) in [6.45, 7) is 2.60. The number of carbonyl (C=O) groups is 1. The molecule has 4 heterocycles. The fraction of sp³-hybridized carbons (Fsp3) is 0.310. The molecule has 0 spiro atoms. The Labute approximate surface area is 221 Å². The molecule has 9 heteroatoms. The Balaban J connectivity index is 1.36. The third kappa shape index (κ3) is 4.61. The van der Waals surface area contributed by atoms with E-state index in [1.165, 1.54) is 11.9 Å². The molecule has 3 aromatic heterocycles. The molecule has 2 N–H and O–H groups in total. The molecule has 1 fully saturated rings. The van der Waals surface area contributed by atoms with Crippen LogP contribution in [-0.2, 0) is 11.3 Å². The average molecular weight is 509 g/mol. The number of nitrogen functional groups attached to an aromatic ring is 1. The Hall–Kier alpha value is -4.24. The fourth-order valence-corrected chi connectivity index (χ4v) is 5.50. The number of nitrogens with zero attached hydrogens (tertiary/aromatic N) is 7. The van der Waals surface area contributed by atoms with Crippen molar-refractivity contribution >= 4 is 28.1 Å². The number of hydrogen-bond donors (Lipinski definition) is 1. The van der Waals surface area contributed by atoms with Gasteiger partial charge in [-0.15, -0.1) is 0 Å². The van der Waals surface area contributed by atoms with Crippen LogP contribution < -0.4 is 5.73 Å². The molecule has 0 aliphatic carbocycles. The van der Waals surface area contributed by atoms with Crippen LogP contribution in [0.2, 0.25) is 0 Å². The van der Waals surface area contributed by atoms with E-state index in [0.29, 0.717) is 18.9 Å². The number of benzene rings is 2. The molecule has 1 amide bonds. The van der Waals surface area contributed by atoms with Crippen LogP contribution in [0.1, 0.15) is 30.0 Å². The molecule has 0 radical (unpaired) electrons. The van der Waals surface area contributed by atoms with Gasteiger partial charge in [0.15, 0.2) is 5.82 Å². The summed E-state index contributed by atoms with van der Waals surface area (Å²) in [5.74, 6) is 0.762. The highest BCUT2D eigenvalue weighted by molar-refractivity contribution is 5.92. The van der Waals surface area contributed by atoms with Crippen molar-refractivity contribution in [3.63, 3.8) is 0 Å². The first-order chi connectivity index (χ1) is 18.5. The number of piperidine rings is 1. The van der Waals surface area contributed by atoms with E-state index < -0.39 is 0 Å². The Bertz CT molecular complexity index is 1600. The number of carbonyl (C=O) groups excluding carboxylic acids is 1. The molecule has 1 aliphatic rings. The number of hydrogen-bond acceptors (Lipinski definition) is 6. The number of aromatic nitrogens is 5. The van der Waals surface area contributed by atoms with Crippen molar-refractivity contribution in [2.75, 3.05) is 39.5 Å². The first-order valence-electron chi connectivity index (χ1n) is 13.0. The Morgan fingerprint density at radius 1 is 1.13 bits per heavy atom. The van der Waals surface area contributed by atoms with Crippen molar-refractivity contribution in [1.82, 2.24) is 34.2 Å². The minimum atomic E-state index is 0.159. The van der Waals surface area contributed by atoms with Crippen LogP contribution >= 0.6 is 0 Å². The lowest BCUT2D eigenvalue weighted by Crippen LogP contribution is -2.43. The van der Waals surface area contributed by atoms with Gasteiger partial charge in [-0.25, -0.2) is 9.50 Å². The minimum absolute atomic E-state index is 0.159. The van der Waals surface area contributed by atoms with Crippen LogP contribution in [0.15, 0.2) is 67.1 Å². The van der Waals surface area contributed by atoms with Gasteiger partial charge in [-0.05, 0) is 50.2 Å². The second kappa shape index (κ2) is 9.90. The molecule has 0 saturated carbocycles. The second-order valence-corrected chi connectivity index (χ2v) is 10.4. The van der Waals surface area contributed by atoms with E-state index in [2.05, 4.69) is 52.7 Å². The van der Waals surface area contributed by atoms with Gasteiger partial charge in [-0.3, -0.25) is 9.48 Å². The van der Waals surface area contributed by atoms with Crippen LogP contribution in [0.4, 0.5) is 5.82 Å². The zero-order valence-corrected chi connectivity index (χ0v) is 21.8. The molecular formula is C29H32N8O. The first kappa shape index (κ1) is 24.1. The van der Waals surface area contributed by atoms with Crippen LogP contribution in [0.25, 0.3) is 27.5 Å². The lowest BCUT2D eigenvalue weighted by molar-refractivity contribution is -0.133. The van der Waals surface area contributed by atoms with Gasteiger partial charge in [-0.2, -0.15) is 10.2 Å². The van der Waals surface area contributed by atoms with Crippen molar-refractivity contribution in [3.8, 4) is 11.1 Å². The lowest BCUT2D eigenvalue weighted by atomic mass is 9.94. The number of nitrogens with two attached hydrogens (primary N) is 1. The number of fused-ring (bicyclic) bond motifs is 2. The summed E-state index contributed by atoms with van der Waals surface area (Å²) in [7, 11) is 3.85. The van der Waals surface area contributed by atoms with E-state index in [9.17, 15) is 4.79 Å². The van der Waals surface area contributed by atoms with Crippen molar-refractivity contribution in [2.45, 2.75) is 25.3 Å². The molecule has 194 valence electrons. The molecule has 0 bridgehead atoms. The van der Waals surface area contributed by atoms with Crippen molar-refractivity contribution in [3.05, 3.63) is 78.4 Å². The molecule has 9 nitrogen and oxygen atoms in total. The van der Waals surface area contributed by atoms with Crippen molar-refractivity contribution in [1.29, 1.82) is 0 Å². The zero-order valence-electron chi connectivity index (χ0n) is 21.8. The predicted octanol–water partition coefficient (Wildman–Crippen LogP) is 3.64. The van der Waals surface area contributed by atoms with Gasteiger partial charge in [0.25, 0.3) is 0 Å². The molecular weight excluding hydrogens is 476 g/mol. The van der Waals surface area contributed by atoms with E-state index in [1.807, 2.05) is 51.3 Å². The summed E-state index contributed by atoms with van der Waals surface area (Å²) in [5.41, 5.74) is 12.4. The van der Waals surface area contributed by atoms with Crippen molar-refractivity contribution in [2.24, 2.45) is 0 Å². The van der Waals surface area contributed by atoms with Crippen LogP contribution in [0, 0.1) is 0 Å². The Kier molecular flexibility index (Phi) is 6.29. The third-order valence-corrected chi connectivity index (χ3v) is 7.31. The van der Waals surface area contributed by atoms with Crippen molar-refractivity contribution < 1.29 is 4.79 Å². The third-order valence-electron chi connectivity index (χ3n) is 7.31. The summed E-state index contributed by atoms with van der Waals surface area (Å²) in [5, 5.41) is 10.5. The number of likely N-dealkylation sites (tertiary alicyclic amines) is 1. The largest absolute Gasteiger partial charge is 0.382 e. The molecule has 38 heavy (non-hydrogen) atoms. The van der Waals surface area contributed by atoms with Gasteiger partial charge >= 0.3 is 0 Å². The summed E-state index contributed by atoms with van der Waals surface area (Å²) < 4.78 is 3.90. The maximum atomic E-state index is 12.8. The second-order valence-electron chi connectivity index (χ2n) is 10.4. The van der Waals surface area contributed by atoms with Gasteiger partial charge in [-0.1, -0.05) is 42.5 Å². The topological polar surface area (TPSA) is 97.6 Å². The Morgan fingerprint density at radius 2 is 1.97 bits per heavy atom. The molecule has 1 aliphatic heterocycles. The number of amides is 1. The molecule has 2 aromatic carbocycles. The monoisotopic (exact) mass is 508 g/mol. The van der Waals surface area contributed by atoms with Gasteiger partial charge in [0, 0.05) is 41.8 Å². The summed E-state index contributed by atoms with van der Waals surface area (Å²) in [4.78, 5) is 21.0. The molecule has 1 atom stereocenters. The van der Waals surface area contributed by atoms with E-state index in [-0.39, 0.29) is 11.8 Å². The standard InChI is InChI=1S/C29H32N8O/c1-34(2)18-27(38)35-12-6-9-23(16-35)26-14-24(28-29(30)31-19-32-37(26)28)21-10-11-22-17-36(33-25(22)13-21)15-20-7-4-3-5-8-20/h3-5,7-8,10-11,13-14,17,19,23H,6,9,12,15-16,18H2,1-2H3,(H2,30,31,32). The van der Waals surface area contributed by atoms with E-state index in [1.54, 1.807) is 0 Å². The highest BCUT2D eigenvalue weighted by Gasteiger charge is 2.28. The molecule has 5 aromatic rings. The van der Waals surface area contributed by atoms with Crippen LogP contribution in [0.5, 0.6) is 0 Å². The molecule has 1 unspecified atom stereocenters. The smallest absolute Gasteiger partial charge is 0.236 e. The maximum Gasteiger partial charge on any atom is 0.236 e. The highest BCUT2D eigenvalue weighted by atomic mass is 16.2. The zero-order chi connectivity index (χ0) is 26.2. The number of rotatable bonds is 6. The molecule has 1 saturated heterocycles. The predicted molar refractivity (Wildman–Crippen MR) is 149 cm³/mol. The minimum Gasteiger partial charge on any atom is -0.382 e. The summed E-state index contributed by atoms with van der Waals surface area (Å²) in [6, 6.07) is 18.8. The van der Waals surface area contributed by atoms with Gasteiger partial charge in [0.2, 0.25) is 5.91 Å². The summed E-state index contributed by atoms with van der Waals surface area (Å²) in [6.07, 6.45) is 5.53. The van der Waals surface area contributed by atoms with E-state index in [4.69, 9.17) is 10.8 Å². The van der Waals surface area contributed by atoms with Gasteiger partial charge in [0.05, 0.1) is 18.6 Å². The first-order valence-corrected chi connectivity index (χ1v) is 13.0. The van der Waals surface area contributed by atoms with Gasteiger partial charge in [0.1, 0.15) is 11.8 Å². The normalized spacial score (nSPS) is 16.1.